The summed E-state index contributed by atoms with van der Waals surface area (Å²) in [6.45, 7) is 6.69. The van der Waals surface area contributed by atoms with Crippen molar-refractivity contribution in [3.05, 3.63) is 53.3 Å². The third-order valence-electron chi connectivity index (χ3n) is 4.97. The second-order valence-electron chi connectivity index (χ2n) is 7.53. The molecular formula is C21H27N3O3. The van der Waals surface area contributed by atoms with Crippen molar-refractivity contribution in [2.45, 2.75) is 45.1 Å². The third kappa shape index (κ3) is 5.04. The van der Waals surface area contributed by atoms with E-state index >= 15 is 0 Å². The number of aryl methyl sites for hydroxylation is 2. The number of rotatable bonds is 6. The van der Waals surface area contributed by atoms with Crippen LogP contribution in [-0.4, -0.2) is 51.2 Å². The molecular weight excluding hydrogens is 342 g/mol. The van der Waals surface area contributed by atoms with Crippen LogP contribution in [-0.2, 0) is 4.79 Å². The quantitative estimate of drug-likeness (QED) is 0.847. The van der Waals surface area contributed by atoms with Crippen molar-refractivity contribution in [3.8, 4) is 6.01 Å². The van der Waals surface area contributed by atoms with E-state index in [9.17, 15) is 9.90 Å². The average molecular weight is 369 g/mol. The van der Waals surface area contributed by atoms with Crippen LogP contribution < -0.4 is 4.74 Å². The topological polar surface area (TPSA) is 75.6 Å². The molecule has 6 heteroatoms. The van der Waals surface area contributed by atoms with Crippen molar-refractivity contribution in [2.24, 2.45) is 0 Å². The molecule has 144 valence electrons. The number of β-amino-alcohol motifs (C(OH)–C–C–N with tert-alkyl or cyclic N) is 1. The van der Waals surface area contributed by atoms with Gasteiger partial charge in [0.1, 0.15) is 12.2 Å². The molecule has 27 heavy (non-hydrogen) atoms. The largest absolute Gasteiger partial charge is 0.460 e. The highest BCUT2D eigenvalue weighted by Crippen LogP contribution is 2.26. The summed E-state index contributed by atoms with van der Waals surface area (Å²) in [5, 5.41) is 10.8. The number of aromatic nitrogens is 2. The van der Waals surface area contributed by atoms with Gasteiger partial charge in [-0.1, -0.05) is 37.3 Å². The van der Waals surface area contributed by atoms with Crippen molar-refractivity contribution in [2.75, 3.05) is 19.7 Å². The van der Waals surface area contributed by atoms with Gasteiger partial charge >= 0.3 is 6.01 Å². The molecule has 0 unspecified atom stereocenters. The van der Waals surface area contributed by atoms with Crippen LogP contribution in [0.3, 0.4) is 0 Å². The fourth-order valence-corrected chi connectivity index (χ4v) is 3.43. The summed E-state index contributed by atoms with van der Waals surface area (Å²) in [6.07, 6.45) is 0.921. The maximum atomic E-state index is 12.6. The third-order valence-corrected chi connectivity index (χ3v) is 4.97. The number of hydrogen-bond acceptors (Lipinski definition) is 5. The minimum absolute atomic E-state index is 0.0601. The summed E-state index contributed by atoms with van der Waals surface area (Å²) in [5.74, 6) is 0.206. The molecule has 3 rings (SSSR count). The van der Waals surface area contributed by atoms with Crippen molar-refractivity contribution in [1.82, 2.24) is 14.9 Å². The summed E-state index contributed by atoms with van der Waals surface area (Å²) >= 11 is 0. The Morgan fingerprint density at radius 2 is 1.93 bits per heavy atom. The summed E-state index contributed by atoms with van der Waals surface area (Å²) in [6, 6.07) is 12.1. The predicted octanol–water partition coefficient (Wildman–Crippen LogP) is 2.63. The van der Waals surface area contributed by atoms with Crippen LogP contribution in [0.2, 0.25) is 0 Å². The van der Waals surface area contributed by atoms with E-state index in [-0.39, 0.29) is 31.0 Å². The number of aliphatic hydroxyl groups is 1. The lowest BCUT2D eigenvalue weighted by molar-refractivity contribution is -0.131. The normalized spacial score (nSPS) is 20.5. The van der Waals surface area contributed by atoms with Crippen LogP contribution in [0, 0.1) is 13.8 Å². The average Bonchev–Trinajstić information content (AvgIpc) is 3.03. The molecule has 6 nitrogen and oxygen atoms in total. The minimum atomic E-state index is -1.06. The molecule has 0 saturated carbocycles. The Balaban J connectivity index is 1.54. The number of carbonyl (C=O) groups excluding carboxylic acids is 1. The van der Waals surface area contributed by atoms with Crippen molar-refractivity contribution < 1.29 is 14.6 Å². The molecule has 2 heterocycles. The fraction of sp³-hybridized carbons (Fsp3) is 0.476. The zero-order valence-corrected chi connectivity index (χ0v) is 16.2. The van der Waals surface area contributed by atoms with Crippen LogP contribution in [0.1, 0.15) is 42.6 Å². The Morgan fingerprint density at radius 3 is 2.59 bits per heavy atom. The van der Waals surface area contributed by atoms with Crippen LogP contribution in [0.5, 0.6) is 6.01 Å². The standard InChI is InChI=1S/C21H27N3O3/c1-15(18-7-5-4-6-8-18)11-19(25)24-10-9-21(26,13-24)14-27-20-22-16(2)12-17(3)23-20/h4-8,12,15,26H,9-11,13-14H2,1-3H3/t15-,21+/m1/s1. The van der Waals surface area contributed by atoms with Gasteiger partial charge in [-0.05, 0) is 37.8 Å². The van der Waals surface area contributed by atoms with Gasteiger partial charge in [-0.3, -0.25) is 4.79 Å². The second-order valence-corrected chi connectivity index (χ2v) is 7.53. The molecule has 2 aromatic rings. The molecule has 1 amide bonds. The number of likely N-dealkylation sites (tertiary alicyclic amines) is 1. The molecule has 1 N–H and O–H groups in total. The van der Waals surface area contributed by atoms with Crippen molar-refractivity contribution in [3.63, 3.8) is 0 Å². The van der Waals surface area contributed by atoms with E-state index in [0.29, 0.717) is 19.4 Å². The van der Waals surface area contributed by atoms with E-state index < -0.39 is 5.60 Å². The van der Waals surface area contributed by atoms with Gasteiger partial charge in [-0.2, -0.15) is 0 Å². The Labute approximate surface area is 160 Å². The first-order valence-electron chi connectivity index (χ1n) is 9.35. The number of amides is 1. The molecule has 1 fully saturated rings. The summed E-state index contributed by atoms with van der Waals surface area (Å²) in [5.41, 5.74) is 1.73. The fourth-order valence-electron chi connectivity index (χ4n) is 3.43. The smallest absolute Gasteiger partial charge is 0.316 e. The Hall–Kier alpha value is -2.47. The summed E-state index contributed by atoms with van der Waals surface area (Å²) < 4.78 is 5.62. The van der Waals surface area contributed by atoms with Gasteiger partial charge in [0.15, 0.2) is 0 Å². The Morgan fingerprint density at radius 1 is 1.26 bits per heavy atom. The van der Waals surface area contributed by atoms with Gasteiger partial charge < -0.3 is 14.7 Å². The van der Waals surface area contributed by atoms with E-state index in [1.54, 1.807) is 4.90 Å². The van der Waals surface area contributed by atoms with E-state index in [1.165, 1.54) is 0 Å². The molecule has 1 aromatic carbocycles. The monoisotopic (exact) mass is 369 g/mol. The second kappa shape index (κ2) is 8.05. The molecule has 0 aliphatic carbocycles. The highest BCUT2D eigenvalue weighted by Gasteiger charge is 2.39. The van der Waals surface area contributed by atoms with Gasteiger partial charge in [0, 0.05) is 24.4 Å². The van der Waals surface area contributed by atoms with E-state index in [1.807, 2.05) is 50.2 Å². The molecule has 0 radical (unpaired) electrons. The van der Waals surface area contributed by atoms with Crippen LogP contribution >= 0.6 is 0 Å². The predicted molar refractivity (Wildman–Crippen MR) is 103 cm³/mol. The lowest BCUT2D eigenvalue weighted by Gasteiger charge is -2.24. The first kappa shape index (κ1) is 19.3. The molecule has 0 spiro atoms. The van der Waals surface area contributed by atoms with Gasteiger partial charge in [0.05, 0.1) is 6.54 Å². The molecule has 1 aromatic heterocycles. The highest BCUT2D eigenvalue weighted by molar-refractivity contribution is 5.77. The number of benzene rings is 1. The lowest BCUT2D eigenvalue weighted by Crippen LogP contribution is -2.41. The van der Waals surface area contributed by atoms with Gasteiger partial charge in [-0.25, -0.2) is 9.97 Å². The number of carbonyl (C=O) groups is 1. The maximum absolute atomic E-state index is 12.6. The molecule has 1 aliphatic rings. The van der Waals surface area contributed by atoms with E-state index in [4.69, 9.17) is 4.74 Å². The Bertz CT molecular complexity index is 776. The molecule has 2 atom stereocenters. The minimum Gasteiger partial charge on any atom is -0.460 e. The number of ether oxygens (including phenoxy) is 1. The zero-order chi connectivity index (χ0) is 19.4. The summed E-state index contributed by atoms with van der Waals surface area (Å²) in [4.78, 5) is 22.8. The SMILES string of the molecule is Cc1cc(C)nc(OC[C@]2(O)CCN(C(=O)C[C@@H](C)c3ccccc3)C2)n1. The number of hydrogen-bond donors (Lipinski definition) is 1. The molecule has 1 saturated heterocycles. The van der Waals surface area contributed by atoms with Crippen molar-refractivity contribution >= 4 is 5.91 Å². The van der Waals surface area contributed by atoms with Crippen molar-refractivity contribution in [1.29, 1.82) is 0 Å². The molecule has 1 aliphatic heterocycles. The highest BCUT2D eigenvalue weighted by atomic mass is 16.5. The van der Waals surface area contributed by atoms with Crippen LogP contribution in [0.25, 0.3) is 0 Å². The van der Waals surface area contributed by atoms with Crippen LogP contribution in [0.4, 0.5) is 0 Å². The van der Waals surface area contributed by atoms with Gasteiger partial charge in [0.2, 0.25) is 5.91 Å². The lowest BCUT2D eigenvalue weighted by atomic mass is 9.97. The van der Waals surface area contributed by atoms with Crippen LogP contribution in [0.15, 0.2) is 36.4 Å². The number of nitrogens with zero attached hydrogens (tertiary/aromatic N) is 3. The summed E-state index contributed by atoms with van der Waals surface area (Å²) in [7, 11) is 0. The van der Waals surface area contributed by atoms with Gasteiger partial charge in [-0.15, -0.1) is 0 Å². The van der Waals surface area contributed by atoms with E-state index in [0.717, 1.165) is 17.0 Å². The first-order chi connectivity index (χ1) is 12.8. The van der Waals surface area contributed by atoms with Gasteiger partial charge in [0.25, 0.3) is 0 Å². The Kier molecular flexibility index (Phi) is 5.75. The molecule has 0 bridgehead atoms. The maximum Gasteiger partial charge on any atom is 0.316 e. The van der Waals surface area contributed by atoms with E-state index in [2.05, 4.69) is 16.9 Å². The zero-order valence-electron chi connectivity index (χ0n) is 16.2. The first-order valence-corrected chi connectivity index (χ1v) is 9.35.